The number of nitrogens with one attached hydrogen (secondary N) is 1. The fraction of sp³-hybridized carbons (Fsp3) is 0.722. The van der Waals surface area contributed by atoms with E-state index in [1.165, 1.54) is 6.08 Å². The minimum Gasteiger partial charge on any atom is -0.347 e. The van der Waals surface area contributed by atoms with Gasteiger partial charge in [-0.05, 0) is 93.1 Å². The number of hydrogen-bond donors (Lipinski definition) is 1. The lowest BCUT2D eigenvalue weighted by molar-refractivity contribution is -0.131. The third-order valence-electron chi connectivity index (χ3n) is 11.1. The van der Waals surface area contributed by atoms with Gasteiger partial charge in [-0.2, -0.15) is 5.26 Å². The molecule has 1 fully saturated rings. The van der Waals surface area contributed by atoms with Crippen molar-refractivity contribution in [1.29, 1.82) is 5.26 Å². The average Bonchev–Trinajstić information content (AvgIpc) is 2.86. The summed E-state index contributed by atoms with van der Waals surface area (Å²) in [6, 6.07) is 2.16. The smallest absolute Gasteiger partial charge is 0.243 e. The van der Waals surface area contributed by atoms with E-state index in [1.54, 1.807) is 13.0 Å². The largest absolute Gasteiger partial charge is 0.347 e. The Labute approximate surface area is 250 Å². The Hall–Kier alpha value is -2.48. The van der Waals surface area contributed by atoms with E-state index < -0.39 is 16.4 Å². The maximum atomic E-state index is 13.2. The molecule has 0 radical (unpaired) electrons. The number of rotatable bonds is 12. The molecule has 2 aliphatic carbocycles. The predicted octanol–water partition coefficient (Wildman–Crippen LogP) is 8.46. The Kier molecular flexibility index (Phi) is 10.2. The molecule has 2 rings (SSSR count). The first kappa shape index (κ1) is 34.7. The topological polar surface area (TPSA) is 87.0 Å². The zero-order valence-electron chi connectivity index (χ0n) is 27.8. The number of allylic oxidation sites excluding steroid dienone is 4. The number of Topliss-reactive ketones (excluding diaryl/α,β-unsaturated/α-hetero) is 1. The van der Waals surface area contributed by atoms with Crippen molar-refractivity contribution in [2.45, 2.75) is 133 Å². The van der Waals surface area contributed by atoms with Crippen LogP contribution in [0.15, 0.2) is 36.0 Å². The molecule has 0 bridgehead atoms. The van der Waals surface area contributed by atoms with E-state index in [9.17, 15) is 19.6 Å². The lowest BCUT2D eigenvalue weighted by Gasteiger charge is -2.61. The highest BCUT2D eigenvalue weighted by molar-refractivity contribution is 6.04. The highest BCUT2D eigenvalue weighted by Gasteiger charge is 2.61. The summed E-state index contributed by atoms with van der Waals surface area (Å²) >= 11 is 0. The zero-order valence-corrected chi connectivity index (χ0v) is 27.8. The second-order valence-electron chi connectivity index (χ2n) is 15.6. The molecule has 1 N–H and O–H groups in total. The lowest BCUT2D eigenvalue weighted by atomic mass is 9.42. The van der Waals surface area contributed by atoms with Gasteiger partial charge >= 0.3 is 0 Å². The molecule has 0 aromatic heterocycles. The Morgan fingerprint density at radius 3 is 2.17 bits per heavy atom. The van der Waals surface area contributed by atoms with Crippen LogP contribution < -0.4 is 5.32 Å². The number of ketones is 2. The van der Waals surface area contributed by atoms with E-state index in [0.717, 1.165) is 56.9 Å². The molecule has 0 aliphatic heterocycles. The van der Waals surface area contributed by atoms with Crippen LogP contribution in [0.25, 0.3) is 0 Å². The van der Waals surface area contributed by atoms with Gasteiger partial charge in [-0.15, -0.1) is 0 Å². The van der Waals surface area contributed by atoms with Gasteiger partial charge in [0.1, 0.15) is 6.07 Å². The average molecular weight is 565 g/mol. The van der Waals surface area contributed by atoms with Crippen LogP contribution in [0.3, 0.4) is 0 Å². The van der Waals surface area contributed by atoms with Crippen molar-refractivity contribution in [2.24, 2.45) is 33.0 Å². The molecule has 0 saturated heterocycles. The van der Waals surface area contributed by atoms with Gasteiger partial charge in [0.2, 0.25) is 5.91 Å². The van der Waals surface area contributed by atoms with E-state index in [2.05, 4.69) is 73.4 Å². The Bertz CT molecular complexity index is 1160. The number of nitrogens with zero attached hydrogens (tertiary/aromatic N) is 1. The van der Waals surface area contributed by atoms with Gasteiger partial charge in [0, 0.05) is 16.4 Å². The fourth-order valence-electron chi connectivity index (χ4n) is 7.99. The first-order valence-electron chi connectivity index (χ1n) is 15.5. The standard InChI is InChI=1S/C36H56N2O3/c1-13-16-31(4,5)18-20-34(10,38-29(40)14-2)21-19-32(6,7)36(12)17-15-27-33(8,9)30(41)26(24-37)23-35(27,11)28(36)22-25(3)39/h14,22-23,27H,2,13,15-21H2,1,3-12H3,(H,38,40)/b28-22-/t27-,34-,35-,36+/m0/s1. The lowest BCUT2D eigenvalue weighted by Crippen LogP contribution is -2.56. The van der Waals surface area contributed by atoms with Crippen molar-refractivity contribution in [2.75, 3.05) is 0 Å². The number of amides is 1. The summed E-state index contributed by atoms with van der Waals surface area (Å²) < 4.78 is 0. The molecule has 41 heavy (non-hydrogen) atoms. The zero-order chi connectivity index (χ0) is 31.7. The molecule has 0 unspecified atom stereocenters. The Morgan fingerprint density at radius 2 is 1.66 bits per heavy atom. The normalized spacial score (nSPS) is 28.6. The number of nitriles is 1. The van der Waals surface area contributed by atoms with Crippen LogP contribution in [-0.2, 0) is 14.4 Å². The molecule has 0 heterocycles. The molecule has 5 nitrogen and oxygen atoms in total. The predicted molar refractivity (Wildman–Crippen MR) is 168 cm³/mol. The molecule has 0 aromatic rings. The van der Waals surface area contributed by atoms with E-state index in [4.69, 9.17) is 0 Å². The van der Waals surface area contributed by atoms with E-state index in [-0.39, 0.29) is 45.2 Å². The summed E-state index contributed by atoms with van der Waals surface area (Å²) in [4.78, 5) is 38.5. The first-order chi connectivity index (χ1) is 18.6. The van der Waals surface area contributed by atoms with Crippen LogP contribution in [-0.4, -0.2) is 23.0 Å². The first-order valence-corrected chi connectivity index (χ1v) is 15.5. The second kappa shape index (κ2) is 12.0. The summed E-state index contributed by atoms with van der Waals surface area (Å²) in [7, 11) is 0. The Morgan fingerprint density at radius 1 is 1.07 bits per heavy atom. The summed E-state index contributed by atoms with van der Waals surface area (Å²) in [6.07, 6.45) is 12.4. The van der Waals surface area contributed by atoms with Crippen LogP contribution in [0.1, 0.15) is 128 Å². The van der Waals surface area contributed by atoms with Crippen LogP contribution >= 0.6 is 0 Å². The minimum absolute atomic E-state index is 0.00739. The molecule has 1 amide bonds. The minimum atomic E-state index is -0.700. The number of carbonyl (C=O) groups excluding carboxylic acids is 3. The summed E-state index contributed by atoms with van der Waals surface area (Å²) in [6.45, 7) is 27.1. The van der Waals surface area contributed by atoms with Crippen LogP contribution in [0.2, 0.25) is 0 Å². The molecule has 0 aromatic carbocycles. The van der Waals surface area contributed by atoms with Crippen LogP contribution in [0, 0.1) is 44.3 Å². The molecular weight excluding hydrogens is 508 g/mol. The summed E-state index contributed by atoms with van der Waals surface area (Å²) in [5.74, 6) is -0.288. The molecular formula is C36H56N2O3. The SMILES string of the molecule is C=CC(=O)N[C@@](C)(CCC(C)(C)CCC)CCC(C)(C)[C@]1(C)CC[C@H]2C(C)(C)C(=O)C(C#N)=C[C@]2(C)/C1=C/C(C)=O. The molecule has 0 spiro atoms. The highest BCUT2D eigenvalue weighted by Crippen LogP contribution is 2.67. The van der Waals surface area contributed by atoms with Crippen LogP contribution in [0.5, 0.6) is 0 Å². The Balaban J connectivity index is 2.54. The summed E-state index contributed by atoms with van der Waals surface area (Å²) in [5, 5.41) is 13.2. The van der Waals surface area contributed by atoms with E-state index in [0.29, 0.717) is 0 Å². The third-order valence-corrected chi connectivity index (χ3v) is 11.1. The fourth-order valence-corrected chi connectivity index (χ4v) is 7.99. The van der Waals surface area contributed by atoms with Gasteiger partial charge in [0.15, 0.2) is 11.6 Å². The van der Waals surface area contributed by atoms with Gasteiger partial charge in [-0.3, -0.25) is 14.4 Å². The van der Waals surface area contributed by atoms with Gasteiger partial charge in [0.25, 0.3) is 0 Å². The quantitative estimate of drug-likeness (QED) is 0.241. The van der Waals surface area contributed by atoms with Gasteiger partial charge in [0.05, 0.1) is 5.57 Å². The van der Waals surface area contributed by atoms with Crippen molar-refractivity contribution in [1.82, 2.24) is 5.32 Å². The molecule has 228 valence electrons. The van der Waals surface area contributed by atoms with Gasteiger partial charge in [-0.1, -0.05) is 87.0 Å². The van der Waals surface area contributed by atoms with Crippen molar-refractivity contribution in [3.63, 3.8) is 0 Å². The van der Waals surface area contributed by atoms with E-state index >= 15 is 0 Å². The summed E-state index contributed by atoms with van der Waals surface area (Å²) in [5.41, 5.74) is -0.889. The van der Waals surface area contributed by atoms with E-state index in [1.807, 2.05) is 19.9 Å². The number of fused-ring (bicyclic) bond motifs is 1. The maximum Gasteiger partial charge on any atom is 0.243 e. The van der Waals surface area contributed by atoms with Crippen molar-refractivity contribution in [3.8, 4) is 6.07 Å². The molecule has 1 saturated carbocycles. The third kappa shape index (κ3) is 6.95. The maximum absolute atomic E-state index is 13.2. The van der Waals surface area contributed by atoms with Gasteiger partial charge in [-0.25, -0.2) is 0 Å². The monoisotopic (exact) mass is 564 g/mol. The van der Waals surface area contributed by atoms with Crippen molar-refractivity contribution < 1.29 is 14.4 Å². The number of hydrogen-bond acceptors (Lipinski definition) is 4. The van der Waals surface area contributed by atoms with Gasteiger partial charge < -0.3 is 5.32 Å². The van der Waals surface area contributed by atoms with Crippen LogP contribution in [0.4, 0.5) is 0 Å². The number of carbonyl (C=O) groups is 3. The van der Waals surface area contributed by atoms with Crippen molar-refractivity contribution in [3.05, 3.63) is 36.0 Å². The molecule has 4 atom stereocenters. The molecule has 2 aliphatic rings. The second-order valence-corrected chi connectivity index (χ2v) is 15.6. The molecule has 5 heteroatoms. The highest BCUT2D eigenvalue weighted by atomic mass is 16.1. The van der Waals surface area contributed by atoms with Crippen molar-refractivity contribution >= 4 is 17.5 Å².